The molecule has 0 amide bonds. The second-order valence-corrected chi connectivity index (χ2v) is 3.94. The molecule has 16 heavy (non-hydrogen) atoms. The number of hydrogen-bond donors (Lipinski definition) is 0. The number of ketones is 1. The molecule has 0 heterocycles. The Hall–Kier alpha value is -1.83. The van der Waals surface area contributed by atoms with E-state index in [1.54, 1.807) is 20.8 Å². The quantitative estimate of drug-likeness (QED) is 0.296. The minimum Gasteiger partial charge on any atom is -0.450 e. The van der Waals surface area contributed by atoms with Gasteiger partial charge >= 0.3 is 11.9 Å². The van der Waals surface area contributed by atoms with Crippen molar-refractivity contribution >= 4 is 17.7 Å². The molecule has 0 N–H and O–H groups in total. The zero-order valence-corrected chi connectivity index (χ0v) is 9.75. The van der Waals surface area contributed by atoms with E-state index in [0.717, 1.165) is 6.92 Å². The van der Waals surface area contributed by atoms with Crippen molar-refractivity contribution in [2.75, 3.05) is 6.61 Å². The molecule has 0 radical (unpaired) electrons. The number of rotatable bonds is 2. The first-order valence-corrected chi connectivity index (χ1v) is 4.62. The highest BCUT2D eigenvalue weighted by Gasteiger charge is 2.14. The number of ether oxygens (including phenoxy) is 2. The number of esters is 2. The predicted molar refractivity (Wildman–Crippen MR) is 55.3 cm³/mol. The van der Waals surface area contributed by atoms with E-state index in [4.69, 9.17) is 4.74 Å². The number of hydrogen-bond acceptors (Lipinski definition) is 5. The van der Waals surface area contributed by atoms with Crippen molar-refractivity contribution < 1.29 is 23.9 Å². The molecule has 5 heteroatoms. The summed E-state index contributed by atoms with van der Waals surface area (Å²) in [5.41, 5.74) is -0.609. The predicted octanol–water partition coefficient (Wildman–Crippen LogP) is 0.464. The van der Waals surface area contributed by atoms with Gasteiger partial charge in [0.05, 0.1) is 0 Å². The maximum atomic E-state index is 11.0. The highest BCUT2D eigenvalue weighted by Crippen LogP contribution is 2.05. The zero-order valence-electron chi connectivity index (χ0n) is 9.75. The van der Waals surface area contributed by atoms with E-state index in [9.17, 15) is 14.4 Å². The third-order valence-electron chi connectivity index (χ3n) is 1.15. The van der Waals surface area contributed by atoms with Gasteiger partial charge in [0, 0.05) is 12.8 Å². The fourth-order valence-electron chi connectivity index (χ4n) is 0.615. The molecule has 0 aromatic heterocycles. The maximum Gasteiger partial charge on any atom is 0.384 e. The molecule has 0 aromatic carbocycles. The van der Waals surface area contributed by atoms with Crippen LogP contribution in [0.1, 0.15) is 27.7 Å². The number of carbonyl (C=O) groups excluding carboxylic acids is 3. The van der Waals surface area contributed by atoms with Crippen LogP contribution in [0, 0.1) is 11.8 Å². The van der Waals surface area contributed by atoms with Crippen LogP contribution < -0.4 is 0 Å². The summed E-state index contributed by atoms with van der Waals surface area (Å²) in [4.78, 5) is 32.1. The average molecular weight is 226 g/mol. The van der Waals surface area contributed by atoms with Gasteiger partial charge in [-0.25, -0.2) is 9.59 Å². The summed E-state index contributed by atoms with van der Waals surface area (Å²) in [7, 11) is 0. The SMILES string of the molecule is CC(=O)C(=O)OCC#CC(=O)OC(C)(C)C. The Morgan fingerprint density at radius 1 is 1.19 bits per heavy atom. The lowest BCUT2D eigenvalue weighted by Gasteiger charge is -2.16. The van der Waals surface area contributed by atoms with E-state index in [2.05, 4.69) is 16.6 Å². The standard InChI is InChI=1S/C11H14O5/c1-8(12)10(14)15-7-5-6-9(13)16-11(2,3)4/h7H2,1-4H3. The van der Waals surface area contributed by atoms with Crippen LogP contribution in [0.3, 0.4) is 0 Å². The normalized spacial score (nSPS) is 9.75. The molecule has 5 nitrogen and oxygen atoms in total. The summed E-state index contributed by atoms with van der Waals surface area (Å²) in [6, 6.07) is 0. The van der Waals surface area contributed by atoms with Gasteiger partial charge in [0.25, 0.3) is 0 Å². The first-order valence-electron chi connectivity index (χ1n) is 4.62. The second kappa shape index (κ2) is 5.91. The van der Waals surface area contributed by atoms with E-state index >= 15 is 0 Å². The molecule has 0 rings (SSSR count). The Labute approximate surface area is 94.1 Å². The summed E-state index contributed by atoms with van der Waals surface area (Å²) in [6.07, 6.45) is 0. The van der Waals surface area contributed by atoms with Crippen LogP contribution in [0.15, 0.2) is 0 Å². The molecular weight excluding hydrogens is 212 g/mol. The second-order valence-electron chi connectivity index (χ2n) is 3.94. The summed E-state index contributed by atoms with van der Waals surface area (Å²) >= 11 is 0. The number of Topliss-reactive ketones (excluding diaryl/α,β-unsaturated/α-hetero) is 1. The van der Waals surface area contributed by atoms with Crippen LogP contribution in [0.5, 0.6) is 0 Å². The van der Waals surface area contributed by atoms with Crippen molar-refractivity contribution in [3.63, 3.8) is 0 Å². The van der Waals surface area contributed by atoms with Gasteiger partial charge in [-0.1, -0.05) is 0 Å². The van der Waals surface area contributed by atoms with E-state index in [1.807, 2.05) is 0 Å². The van der Waals surface area contributed by atoms with E-state index in [0.29, 0.717) is 0 Å². The molecule has 0 fully saturated rings. The molecule has 0 spiro atoms. The van der Waals surface area contributed by atoms with Gasteiger partial charge in [-0.3, -0.25) is 4.79 Å². The Bertz CT molecular complexity index is 351. The molecule has 0 saturated carbocycles. The lowest BCUT2D eigenvalue weighted by Crippen LogP contribution is -2.22. The lowest BCUT2D eigenvalue weighted by molar-refractivity contribution is -0.151. The smallest absolute Gasteiger partial charge is 0.384 e. The Morgan fingerprint density at radius 2 is 1.75 bits per heavy atom. The topological polar surface area (TPSA) is 69.7 Å². The largest absolute Gasteiger partial charge is 0.450 e. The Morgan fingerprint density at radius 3 is 2.19 bits per heavy atom. The third kappa shape index (κ3) is 7.56. The highest BCUT2D eigenvalue weighted by atomic mass is 16.6. The third-order valence-corrected chi connectivity index (χ3v) is 1.15. The molecular formula is C11H14O5. The van der Waals surface area contributed by atoms with Crippen LogP contribution >= 0.6 is 0 Å². The van der Waals surface area contributed by atoms with Gasteiger partial charge in [-0.15, -0.1) is 0 Å². The molecule has 0 aliphatic rings. The molecule has 0 aliphatic heterocycles. The minimum atomic E-state index is -0.974. The first kappa shape index (κ1) is 14.2. The average Bonchev–Trinajstić information content (AvgIpc) is 2.08. The highest BCUT2D eigenvalue weighted by molar-refractivity contribution is 6.32. The van der Waals surface area contributed by atoms with Crippen molar-refractivity contribution in [2.24, 2.45) is 0 Å². The van der Waals surface area contributed by atoms with Crippen LogP contribution in [0.4, 0.5) is 0 Å². The monoisotopic (exact) mass is 226 g/mol. The van der Waals surface area contributed by atoms with Gasteiger partial charge < -0.3 is 9.47 Å². The van der Waals surface area contributed by atoms with E-state index in [-0.39, 0.29) is 6.61 Å². The molecule has 88 valence electrons. The molecule has 0 bridgehead atoms. The van der Waals surface area contributed by atoms with Crippen molar-refractivity contribution in [1.29, 1.82) is 0 Å². The van der Waals surface area contributed by atoms with Gasteiger partial charge in [0.15, 0.2) is 6.61 Å². The minimum absolute atomic E-state index is 0.308. The summed E-state index contributed by atoms with van der Waals surface area (Å²) < 4.78 is 9.29. The Balaban J connectivity index is 3.99. The van der Waals surface area contributed by atoms with Crippen LogP contribution in [-0.4, -0.2) is 29.9 Å². The summed E-state index contributed by atoms with van der Waals surface area (Å²) in [5, 5.41) is 0. The van der Waals surface area contributed by atoms with Crippen LogP contribution in [-0.2, 0) is 23.9 Å². The lowest BCUT2D eigenvalue weighted by atomic mass is 10.2. The van der Waals surface area contributed by atoms with Crippen LogP contribution in [0.25, 0.3) is 0 Å². The Kier molecular flexibility index (Phi) is 5.23. The molecule has 0 aromatic rings. The summed E-state index contributed by atoms with van der Waals surface area (Å²) in [5.74, 6) is 2.02. The van der Waals surface area contributed by atoms with E-state index in [1.165, 1.54) is 0 Å². The van der Waals surface area contributed by atoms with Crippen LogP contribution in [0.2, 0.25) is 0 Å². The molecule has 0 aliphatic carbocycles. The van der Waals surface area contributed by atoms with Crippen molar-refractivity contribution in [1.82, 2.24) is 0 Å². The first-order chi connectivity index (χ1) is 7.22. The van der Waals surface area contributed by atoms with E-state index < -0.39 is 23.3 Å². The molecule has 0 saturated heterocycles. The fourth-order valence-corrected chi connectivity index (χ4v) is 0.615. The van der Waals surface area contributed by atoms with Gasteiger partial charge in [-0.05, 0) is 26.7 Å². The zero-order chi connectivity index (χ0) is 12.8. The summed E-state index contributed by atoms with van der Waals surface area (Å²) in [6.45, 7) is 5.91. The van der Waals surface area contributed by atoms with Gasteiger partial charge in [0.1, 0.15) is 5.60 Å². The van der Waals surface area contributed by atoms with Crippen molar-refractivity contribution in [3.05, 3.63) is 0 Å². The van der Waals surface area contributed by atoms with Crippen molar-refractivity contribution in [2.45, 2.75) is 33.3 Å². The number of carbonyl (C=O) groups is 3. The van der Waals surface area contributed by atoms with Gasteiger partial charge in [0.2, 0.25) is 5.78 Å². The van der Waals surface area contributed by atoms with Gasteiger partial charge in [-0.2, -0.15) is 0 Å². The molecule has 0 unspecified atom stereocenters. The fraction of sp³-hybridized carbons (Fsp3) is 0.545. The maximum absolute atomic E-state index is 11.0. The molecule has 0 atom stereocenters. The van der Waals surface area contributed by atoms with Crippen molar-refractivity contribution in [3.8, 4) is 11.8 Å².